The summed E-state index contributed by atoms with van der Waals surface area (Å²) in [4.78, 5) is 39.9. The number of carbonyl (C=O) groups excluding carboxylic acids is 2. The van der Waals surface area contributed by atoms with Crippen LogP contribution in [0, 0.1) is 0 Å². The van der Waals surface area contributed by atoms with E-state index in [0.717, 1.165) is 5.56 Å². The van der Waals surface area contributed by atoms with Crippen LogP contribution in [0.2, 0.25) is 0 Å². The molecule has 0 unspecified atom stereocenters. The van der Waals surface area contributed by atoms with Crippen molar-refractivity contribution >= 4 is 17.8 Å². The largest absolute Gasteiger partial charge is 0.350 e. The third kappa shape index (κ3) is 4.28. The Balaban J connectivity index is 1.61. The molecule has 1 fully saturated rings. The number of aromatic nitrogens is 3. The lowest BCUT2D eigenvalue weighted by atomic mass is 10.2. The summed E-state index contributed by atoms with van der Waals surface area (Å²) in [6.45, 7) is 4.24. The minimum Gasteiger partial charge on any atom is -0.350 e. The van der Waals surface area contributed by atoms with E-state index in [1.807, 2.05) is 12.1 Å². The maximum absolute atomic E-state index is 12.6. The molecule has 0 saturated carbocycles. The molecule has 0 aromatic carbocycles. The zero-order chi connectivity index (χ0) is 17.6. The lowest BCUT2D eigenvalue weighted by Gasteiger charge is -2.34. The van der Waals surface area contributed by atoms with Gasteiger partial charge in [-0.25, -0.2) is 9.97 Å². The summed E-state index contributed by atoms with van der Waals surface area (Å²) in [7, 11) is 0. The Labute approximate surface area is 145 Å². The van der Waals surface area contributed by atoms with E-state index in [4.69, 9.17) is 0 Å². The van der Waals surface area contributed by atoms with Crippen molar-refractivity contribution in [3.05, 3.63) is 48.0 Å². The smallest absolute Gasteiger partial charge is 0.272 e. The molecule has 0 atom stereocenters. The summed E-state index contributed by atoms with van der Waals surface area (Å²) in [5.41, 5.74) is 1.40. The Morgan fingerprint density at radius 3 is 2.40 bits per heavy atom. The van der Waals surface area contributed by atoms with E-state index in [-0.39, 0.29) is 11.8 Å². The fourth-order valence-corrected chi connectivity index (χ4v) is 2.63. The zero-order valence-electron chi connectivity index (χ0n) is 14.1. The third-order valence-corrected chi connectivity index (χ3v) is 4.09. The molecule has 1 aliphatic rings. The molecule has 0 spiro atoms. The van der Waals surface area contributed by atoms with Gasteiger partial charge in [0.1, 0.15) is 5.69 Å². The Hall–Kier alpha value is -3.03. The van der Waals surface area contributed by atoms with Gasteiger partial charge in [-0.3, -0.25) is 14.6 Å². The van der Waals surface area contributed by atoms with E-state index in [2.05, 4.69) is 20.3 Å². The van der Waals surface area contributed by atoms with Crippen LogP contribution in [-0.4, -0.2) is 62.7 Å². The van der Waals surface area contributed by atoms with Gasteiger partial charge in [0.2, 0.25) is 11.9 Å². The number of nitrogens with one attached hydrogen (secondary N) is 1. The van der Waals surface area contributed by atoms with E-state index in [1.54, 1.807) is 41.4 Å². The van der Waals surface area contributed by atoms with Gasteiger partial charge in [0.05, 0.1) is 0 Å². The first-order chi connectivity index (χ1) is 12.1. The second-order valence-corrected chi connectivity index (χ2v) is 5.77. The van der Waals surface area contributed by atoms with Crippen molar-refractivity contribution in [3.8, 4) is 0 Å². The predicted molar refractivity (Wildman–Crippen MR) is 91.8 cm³/mol. The maximum atomic E-state index is 12.6. The lowest BCUT2D eigenvalue weighted by Crippen LogP contribution is -2.50. The van der Waals surface area contributed by atoms with Crippen LogP contribution in [0.1, 0.15) is 23.0 Å². The van der Waals surface area contributed by atoms with E-state index in [9.17, 15) is 9.59 Å². The summed E-state index contributed by atoms with van der Waals surface area (Å²) in [5, 5.41) is 3.11. The SMILES string of the molecule is CC(=O)N1CCN(C(=O)c2ccnc(NCc3ccncc3)n2)CC1. The van der Waals surface area contributed by atoms with Gasteiger partial charge < -0.3 is 15.1 Å². The molecule has 8 heteroatoms. The van der Waals surface area contributed by atoms with Gasteiger partial charge >= 0.3 is 0 Å². The molecule has 2 aromatic heterocycles. The van der Waals surface area contributed by atoms with Crippen molar-refractivity contribution in [1.29, 1.82) is 0 Å². The third-order valence-electron chi connectivity index (χ3n) is 4.09. The van der Waals surface area contributed by atoms with Crippen molar-refractivity contribution in [1.82, 2.24) is 24.8 Å². The average molecular weight is 340 g/mol. The van der Waals surface area contributed by atoms with Gasteiger partial charge in [-0.05, 0) is 23.8 Å². The van der Waals surface area contributed by atoms with Crippen molar-refractivity contribution in [3.63, 3.8) is 0 Å². The highest BCUT2D eigenvalue weighted by atomic mass is 16.2. The summed E-state index contributed by atoms with van der Waals surface area (Å²) in [5.74, 6) is 0.305. The zero-order valence-corrected chi connectivity index (χ0v) is 14.1. The molecule has 0 bridgehead atoms. The molecule has 0 aliphatic carbocycles. The highest BCUT2D eigenvalue weighted by molar-refractivity contribution is 5.92. The Morgan fingerprint density at radius 2 is 1.72 bits per heavy atom. The molecule has 130 valence electrons. The molecule has 3 heterocycles. The first-order valence-corrected chi connectivity index (χ1v) is 8.14. The molecule has 1 aliphatic heterocycles. The molecule has 1 N–H and O–H groups in total. The summed E-state index contributed by atoms with van der Waals surface area (Å²) >= 11 is 0. The van der Waals surface area contributed by atoms with Crippen LogP contribution < -0.4 is 5.32 Å². The fraction of sp³-hybridized carbons (Fsp3) is 0.353. The molecule has 25 heavy (non-hydrogen) atoms. The fourth-order valence-electron chi connectivity index (χ4n) is 2.63. The van der Waals surface area contributed by atoms with Gasteiger partial charge in [-0.15, -0.1) is 0 Å². The number of piperazine rings is 1. The van der Waals surface area contributed by atoms with E-state index >= 15 is 0 Å². The number of carbonyl (C=O) groups is 2. The minimum atomic E-state index is -0.141. The first kappa shape index (κ1) is 16.8. The van der Waals surface area contributed by atoms with Gasteiger partial charge in [-0.1, -0.05) is 0 Å². The predicted octanol–water partition coefficient (Wildman–Crippen LogP) is 0.788. The maximum Gasteiger partial charge on any atom is 0.272 e. The van der Waals surface area contributed by atoms with Crippen LogP contribution in [0.25, 0.3) is 0 Å². The van der Waals surface area contributed by atoms with Gasteiger partial charge in [0.15, 0.2) is 0 Å². The molecular weight excluding hydrogens is 320 g/mol. The molecular formula is C17H20N6O2. The van der Waals surface area contributed by atoms with Crippen LogP contribution in [0.5, 0.6) is 0 Å². The van der Waals surface area contributed by atoms with Gasteiger partial charge in [0.25, 0.3) is 5.91 Å². The van der Waals surface area contributed by atoms with Crippen molar-refractivity contribution in [2.24, 2.45) is 0 Å². The number of anilines is 1. The second kappa shape index (κ2) is 7.69. The number of pyridine rings is 1. The number of hydrogen-bond donors (Lipinski definition) is 1. The molecule has 8 nitrogen and oxygen atoms in total. The Morgan fingerprint density at radius 1 is 1.04 bits per heavy atom. The number of amides is 2. The van der Waals surface area contributed by atoms with Crippen LogP contribution in [-0.2, 0) is 11.3 Å². The summed E-state index contributed by atoms with van der Waals surface area (Å²) in [6.07, 6.45) is 5.01. The molecule has 2 amide bonds. The van der Waals surface area contributed by atoms with Crippen LogP contribution >= 0.6 is 0 Å². The monoisotopic (exact) mass is 340 g/mol. The number of nitrogens with zero attached hydrogens (tertiary/aromatic N) is 5. The highest BCUT2D eigenvalue weighted by Crippen LogP contribution is 2.09. The molecule has 0 radical (unpaired) electrons. The quantitative estimate of drug-likeness (QED) is 0.885. The topological polar surface area (TPSA) is 91.3 Å². The first-order valence-electron chi connectivity index (χ1n) is 8.14. The highest BCUT2D eigenvalue weighted by Gasteiger charge is 2.24. The Bertz CT molecular complexity index is 744. The van der Waals surface area contributed by atoms with Crippen molar-refractivity contribution in [2.45, 2.75) is 13.5 Å². The lowest BCUT2D eigenvalue weighted by molar-refractivity contribution is -0.130. The van der Waals surface area contributed by atoms with Gasteiger partial charge in [-0.2, -0.15) is 0 Å². The summed E-state index contributed by atoms with van der Waals surface area (Å²) in [6, 6.07) is 5.41. The average Bonchev–Trinajstić information content (AvgIpc) is 2.67. The van der Waals surface area contributed by atoms with E-state index in [0.29, 0.717) is 44.4 Å². The second-order valence-electron chi connectivity index (χ2n) is 5.77. The van der Waals surface area contributed by atoms with Gasteiger partial charge in [0, 0.05) is 58.2 Å². The molecule has 1 saturated heterocycles. The number of hydrogen-bond acceptors (Lipinski definition) is 6. The van der Waals surface area contributed by atoms with Crippen LogP contribution in [0.3, 0.4) is 0 Å². The van der Waals surface area contributed by atoms with E-state index in [1.165, 1.54) is 0 Å². The minimum absolute atomic E-state index is 0.0386. The normalized spacial score (nSPS) is 14.3. The standard InChI is InChI=1S/C17H20N6O2/c1-13(24)22-8-10-23(11-9-22)16(25)15-4-7-19-17(21-15)20-12-14-2-5-18-6-3-14/h2-7H,8-12H2,1H3,(H,19,20,21). The van der Waals surface area contributed by atoms with Crippen molar-refractivity contribution in [2.75, 3.05) is 31.5 Å². The number of rotatable bonds is 4. The molecule has 2 aromatic rings. The van der Waals surface area contributed by atoms with Crippen LogP contribution in [0.4, 0.5) is 5.95 Å². The Kier molecular flexibility index (Phi) is 5.17. The summed E-state index contributed by atoms with van der Waals surface area (Å²) < 4.78 is 0. The van der Waals surface area contributed by atoms with E-state index < -0.39 is 0 Å². The van der Waals surface area contributed by atoms with Crippen LogP contribution in [0.15, 0.2) is 36.8 Å². The molecule has 3 rings (SSSR count). The van der Waals surface area contributed by atoms with Crippen molar-refractivity contribution < 1.29 is 9.59 Å².